The number of aromatic nitrogens is 1. The quantitative estimate of drug-likeness (QED) is 0.770. The first-order chi connectivity index (χ1) is 8.13. The van der Waals surface area contributed by atoms with Crippen molar-refractivity contribution in [3.8, 4) is 11.1 Å². The summed E-state index contributed by atoms with van der Waals surface area (Å²) < 4.78 is 17.8. The summed E-state index contributed by atoms with van der Waals surface area (Å²) in [4.78, 5) is 15.8. The summed E-state index contributed by atoms with van der Waals surface area (Å²) in [6.45, 7) is 1.86. The number of halogens is 1. The zero-order valence-corrected chi connectivity index (χ0v) is 10.2. The molecule has 0 saturated heterocycles. The molecule has 5 heteroatoms. The molecular weight excluding hydrogens is 241 g/mol. The first-order valence-electron chi connectivity index (χ1n) is 4.91. The average molecular weight is 251 g/mol. The molecule has 0 atom stereocenters. The van der Waals surface area contributed by atoms with Crippen LogP contribution in [0.1, 0.15) is 15.2 Å². The molecule has 0 unspecified atom stereocenters. The second kappa shape index (κ2) is 4.63. The predicted octanol–water partition coefficient (Wildman–Crippen LogP) is 3.04. The summed E-state index contributed by atoms with van der Waals surface area (Å²) in [7, 11) is 1.32. The van der Waals surface area contributed by atoms with E-state index in [0.29, 0.717) is 16.0 Å². The van der Waals surface area contributed by atoms with E-state index < -0.39 is 11.8 Å². The number of methoxy groups -OCH3 is 1. The van der Waals surface area contributed by atoms with Crippen molar-refractivity contribution >= 4 is 17.3 Å². The molecule has 0 radical (unpaired) electrons. The second-order valence-electron chi connectivity index (χ2n) is 3.51. The number of pyridine rings is 1. The third-order valence-electron chi connectivity index (χ3n) is 2.34. The molecule has 0 spiro atoms. The van der Waals surface area contributed by atoms with Gasteiger partial charge in [0, 0.05) is 17.3 Å². The van der Waals surface area contributed by atoms with E-state index in [9.17, 15) is 9.18 Å². The number of hydrogen-bond acceptors (Lipinski definition) is 4. The molecule has 0 aliphatic rings. The highest BCUT2D eigenvalue weighted by Crippen LogP contribution is 2.32. The van der Waals surface area contributed by atoms with Crippen LogP contribution < -0.4 is 0 Å². The van der Waals surface area contributed by atoms with Gasteiger partial charge in [-0.3, -0.25) is 4.98 Å². The standard InChI is InChI=1S/C12H10FNO2S/c1-7-6-17-11(12(15)16-2)10(7)8-3-9(13)5-14-4-8/h3-6H,1-2H3. The smallest absolute Gasteiger partial charge is 0.348 e. The minimum atomic E-state index is -0.427. The summed E-state index contributed by atoms with van der Waals surface area (Å²) in [6.07, 6.45) is 2.66. The van der Waals surface area contributed by atoms with E-state index in [1.165, 1.54) is 30.7 Å². The van der Waals surface area contributed by atoms with Gasteiger partial charge < -0.3 is 4.74 Å². The van der Waals surface area contributed by atoms with Crippen molar-refractivity contribution in [2.24, 2.45) is 0 Å². The van der Waals surface area contributed by atoms with Gasteiger partial charge in [-0.05, 0) is 23.9 Å². The van der Waals surface area contributed by atoms with Gasteiger partial charge in [-0.25, -0.2) is 9.18 Å². The molecule has 0 N–H and O–H groups in total. The first-order valence-corrected chi connectivity index (χ1v) is 5.78. The minimum Gasteiger partial charge on any atom is -0.465 e. The van der Waals surface area contributed by atoms with E-state index in [0.717, 1.165) is 11.8 Å². The van der Waals surface area contributed by atoms with Crippen LogP contribution in [0.2, 0.25) is 0 Å². The highest BCUT2D eigenvalue weighted by atomic mass is 32.1. The molecular formula is C12H10FNO2S. The Labute approximate surface area is 102 Å². The van der Waals surface area contributed by atoms with Gasteiger partial charge in [-0.1, -0.05) is 0 Å². The molecule has 3 nitrogen and oxygen atoms in total. The van der Waals surface area contributed by atoms with Gasteiger partial charge in [0.1, 0.15) is 10.7 Å². The lowest BCUT2D eigenvalue weighted by molar-refractivity contribution is 0.0607. The Morgan fingerprint density at radius 3 is 2.88 bits per heavy atom. The fraction of sp³-hybridized carbons (Fsp3) is 0.167. The van der Waals surface area contributed by atoms with Crippen molar-refractivity contribution in [1.82, 2.24) is 4.98 Å². The van der Waals surface area contributed by atoms with Gasteiger partial charge in [0.05, 0.1) is 13.3 Å². The lowest BCUT2D eigenvalue weighted by atomic mass is 10.0. The Balaban J connectivity index is 2.58. The van der Waals surface area contributed by atoms with Gasteiger partial charge in [0.2, 0.25) is 0 Å². The van der Waals surface area contributed by atoms with E-state index in [1.807, 2.05) is 12.3 Å². The molecule has 0 bridgehead atoms. The second-order valence-corrected chi connectivity index (χ2v) is 4.39. The normalized spacial score (nSPS) is 10.3. The SMILES string of the molecule is COC(=O)c1scc(C)c1-c1cncc(F)c1. The van der Waals surface area contributed by atoms with Gasteiger partial charge >= 0.3 is 5.97 Å². The number of esters is 1. The largest absolute Gasteiger partial charge is 0.465 e. The highest BCUT2D eigenvalue weighted by Gasteiger charge is 2.18. The summed E-state index contributed by atoms with van der Waals surface area (Å²) in [5.41, 5.74) is 2.18. The molecule has 0 aliphatic carbocycles. The maximum atomic E-state index is 13.1. The van der Waals surface area contributed by atoms with Crippen LogP contribution >= 0.6 is 11.3 Å². The lowest BCUT2D eigenvalue weighted by Gasteiger charge is -2.04. The molecule has 88 valence electrons. The number of hydrogen-bond donors (Lipinski definition) is 0. The zero-order chi connectivity index (χ0) is 12.4. The summed E-state index contributed by atoms with van der Waals surface area (Å²) >= 11 is 1.28. The molecule has 0 fully saturated rings. The predicted molar refractivity (Wildman–Crippen MR) is 63.6 cm³/mol. The van der Waals surface area contributed by atoms with Crippen LogP contribution in [-0.4, -0.2) is 18.1 Å². The summed E-state index contributed by atoms with van der Waals surface area (Å²) in [6, 6.07) is 1.36. The number of ether oxygens (including phenoxy) is 1. The molecule has 0 amide bonds. The van der Waals surface area contributed by atoms with Gasteiger partial charge in [0.15, 0.2) is 0 Å². The minimum absolute atomic E-state index is 0.414. The average Bonchev–Trinajstić information content (AvgIpc) is 2.70. The van der Waals surface area contributed by atoms with Crippen molar-refractivity contribution < 1.29 is 13.9 Å². The topological polar surface area (TPSA) is 39.2 Å². The molecule has 0 saturated carbocycles. The van der Waals surface area contributed by atoms with E-state index in [-0.39, 0.29) is 0 Å². The summed E-state index contributed by atoms with van der Waals surface area (Å²) in [5, 5.41) is 1.84. The number of nitrogens with zero attached hydrogens (tertiary/aromatic N) is 1. The maximum Gasteiger partial charge on any atom is 0.348 e. The Bertz CT molecular complexity index is 565. The van der Waals surface area contributed by atoms with Crippen LogP contribution in [0.5, 0.6) is 0 Å². The Hall–Kier alpha value is -1.75. The number of aryl methyl sites for hydroxylation is 1. The fourth-order valence-electron chi connectivity index (χ4n) is 1.59. The zero-order valence-electron chi connectivity index (χ0n) is 9.36. The van der Waals surface area contributed by atoms with Crippen molar-refractivity contribution in [3.63, 3.8) is 0 Å². The number of thiophene rings is 1. The van der Waals surface area contributed by atoms with E-state index in [2.05, 4.69) is 4.98 Å². The van der Waals surface area contributed by atoms with E-state index in [4.69, 9.17) is 4.74 Å². The maximum absolute atomic E-state index is 13.1. The molecule has 2 aromatic heterocycles. The monoisotopic (exact) mass is 251 g/mol. The van der Waals surface area contributed by atoms with Crippen LogP contribution in [-0.2, 0) is 4.74 Å². The highest BCUT2D eigenvalue weighted by molar-refractivity contribution is 7.12. The van der Waals surface area contributed by atoms with E-state index in [1.54, 1.807) is 0 Å². The number of carbonyl (C=O) groups excluding carboxylic acids is 1. The third kappa shape index (κ3) is 2.19. The number of carbonyl (C=O) groups is 1. The van der Waals surface area contributed by atoms with Crippen LogP contribution in [0.15, 0.2) is 23.8 Å². The molecule has 0 aromatic carbocycles. The fourth-order valence-corrected chi connectivity index (χ4v) is 2.58. The van der Waals surface area contributed by atoms with Crippen LogP contribution in [0.4, 0.5) is 4.39 Å². The molecule has 17 heavy (non-hydrogen) atoms. The van der Waals surface area contributed by atoms with Crippen LogP contribution in [0.25, 0.3) is 11.1 Å². The van der Waals surface area contributed by atoms with E-state index >= 15 is 0 Å². The van der Waals surface area contributed by atoms with Crippen molar-refractivity contribution in [2.45, 2.75) is 6.92 Å². The molecule has 0 aliphatic heterocycles. The first kappa shape index (κ1) is 11.7. The number of rotatable bonds is 2. The van der Waals surface area contributed by atoms with Crippen LogP contribution in [0, 0.1) is 12.7 Å². The Morgan fingerprint density at radius 2 is 2.24 bits per heavy atom. The molecule has 2 rings (SSSR count). The van der Waals surface area contributed by atoms with Gasteiger partial charge in [0.25, 0.3) is 0 Å². The van der Waals surface area contributed by atoms with Crippen molar-refractivity contribution in [2.75, 3.05) is 7.11 Å². The van der Waals surface area contributed by atoms with Gasteiger partial charge in [-0.2, -0.15) is 0 Å². The van der Waals surface area contributed by atoms with Crippen LogP contribution in [0.3, 0.4) is 0 Å². The van der Waals surface area contributed by atoms with Gasteiger partial charge in [-0.15, -0.1) is 11.3 Å². The summed E-state index contributed by atoms with van der Waals surface area (Å²) in [5.74, 6) is -0.841. The molecule has 2 heterocycles. The van der Waals surface area contributed by atoms with Crippen molar-refractivity contribution in [1.29, 1.82) is 0 Å². The van der Waals surface area contributed by atoms with Crippen molar-refractivity contribution in [3.05, 3.63) is 40.1 Å². The molecule has 2 aromatic rings. The lowest BCUT2D eigenvalue weighted by Crippen LogP contribution is -2.00. The third-order valence-corrected chi connectivity index (χ3v) is 3.42. The Kier molecular flexibility index (Phi) is 3.19. The Morgan fingerprint density at radius 1 is 1.47 bits per heavy atom.